The van der Waals surface area contributed by atoms with Gasteiger partial charge in [-0.15, -0.1) is 0 Å². The van der Waals surface area contributed by atoms with Gasteiger partial charge in [0.25, 0.3) is 12.4 Å². The number of fused-ring (bicyclic) bond motifs is 1. The molecule has 1 aromatic carbocycles. The molecule has 27 heavy (non-hydrogen) atoms. The highest BCUT2D eigenvalue weighted by Crippen LogP contribution is 2.45. The Labute approximate surface area is 159 Å². The molecule has 3 rings (SSSR count). The van der Waals surface area contributed by atoms with Gasteiger partial charge in [0.15, 0.2) is 6.10 Å². The van der Waals surface area contributed by atoms with Gasteiger partial charge >= 0.3 is 0 Å². The molecule has 2 saturated carbocycles. The van der Waals surface area contributed by atoms with Gasteiger partial charge in [0.05, 0.1) is 6.10 Å². The number of rotatable bonds is 5. The molecule has 1 aromatic rings. The summed E-state index contributed by atoms with van der Waals surface area (Å²) >= 11 is 0. The number of carbonyl (C=O) groups is 2. The van der Waals surface area contributed by atoms with Crippen molar-refractivity contribution in [2.45, 2.75) is 50.9 Å². The zero-order valence-corrected chi connectivity index (χ0v) is 15.8. The van der Waals surface area contributed by atoms with Gasteiger partial charge in [0.1, 0.15) is 12.4 Å². The molecule has 0 bridgehead atoms. The van der Waals surface area contributed by atoms with Crippen LogP contribution in [-0.2, 0) is 9.59 Å². The number of aliphatic hydroxyl groups excluding tert-OH is 2. The second kappa shape index (κ2) is 9.71. The van der Waals surface area contributed by atoms with Crippen molar-refractivity contribution < 1.29 is 29.6 Å². The summed E-state index contributed by atoms with van der Waals surface area (Å²) in [6.07, 6.45) is 2.23. The van der Waals surface area contributed by atoms with Crippen molar-refractivity contribution in [1.82, 2.24) is 4.90 Å². The fraction of sp³-hybridized carbons (Fsp3) is 0.600. The SMILES string of the molecule is Cc1ccccc1OCC(O)C(=O)N(C)C1C[C@H]2CC(O)C[C@H]2C1.O=CO. The number of ether oxygens (including phenoxy) is 1. The third-order valence-electron chi connectivity index (χ3n) is 5.64. The Morgan fingerprint density at radius 3 is 2.37 bits per heavy atom. The number of amides is 1. The predicted octanol–water partition coefficient (Wildman–Crippen LogP) is 1.44. The molecule has 2 aliphatic rings. The molecule has 2 fully saturated rings. The number of para-hydroxylation sites is 1. The highest BCUT2D eigenvalue weighted by Gasteiger charge is 2.43. The van der Waals surface area contributed by atoms with E-state index in [1.807, 2.05) is 31.2 Å². The fourth-order valence-corrected chi connectivity index (χ4v) is 4.24. The van der Waals surface area contributed by atoms with E-state index in [1.165, 1.54) is 0 Å². The Bertz CT molecular complexity index is 623. The number of aliphatic hydroxyl groups is 2. The lowest BCUT2D eigenvalue weighted by molar-refractivity contribution is -0.142. The summed E-state index contributed by atoms with van der Waals surface area (Å²) in [7, 11) is 1.77. The average Bonchev–Trinajstić information content (AvgIpc) is 3.17. The highest BCUT2D eigenvalue weighted by atomic mass is 16.5. The lowest BCUT2D eigenvalue weighted by Gasteiger charge is -2.27. The molecule has 0 saturated heterocycles. The molecule has 7 heteroatoms. The molecule has 0 aromatic heterocycles. The lowest BCUT2D eigenvalue weighted by atomic mass is 10.0. The standard InChI is InChI=1S/C19H27NO4.CH2O2/c1-12-5-3-4-6-18(12)24-11-17(22)19(23)20(2)15-7-13-9-16(21)10-14(13)8-15;2-1-3/h3-6,13-17,21-22H,7-11H2,1-2H3;1H,(H,2,3)/t13-,14+,15?,16?,17?;. The summed E-state index contributed by atoms with van der Waals surface area (Å²) in [6.45, 7) is 1.65. The molecule has 150 valence electrons. The number of nitrogens with zero attached hydrogens (tertiary/aromatic N) is 1. The van der Waals surface area contributed by atoms with E-state index < -0.39 is 6.10 Å². The van der Waals surface area contributed by atoms with Crippen LogP contribution < -0.4 is 4.74 Å². The van der Waals surface area contributed by atoms with E-state index >= 15 is 0 Å². The van der Waals surface area contributed by atoms with E-state index in [0.717, 1.165) is 31.2 Å². The third-order valence-corrected chi connectivity index (χ3v) is 5.64. The van der Waals surface area contributed by atoms with Gasteiger partial charge in [0.2, 0.25) is 0 Å². The number of carbonyl (C=O) groups excluding carboxylic acids is 1. The Hall–Kier alpha value is -2.12. The number of likely N-dealkylation sites (N-methyl/N-ethyl adjacent to an activating group) is 1. The Balaban J connectivity index is 0.000000817. The van der Waals surface area contributed by atoms with Crippen molar-refractivity contribution >= 4 is 12.4 Å². The van der Waals surface area contributed by atoms with Crippen LogP contribution in [0.5, 0.6) is 5.75 Å². The Morgan fingerprint density at radius 2 is 1.81 bits per heavy atom. The van der Waals surface area contributed by atoms with Gasteiger partial charge < -0.3 is 25.0 Å². The smallest absolute Gasteiger partial charge is 0.290 e. The van der Waals surface area contributed by atoms with Crippen LogP contribution >= 0.6 is 0 Å². The minimum absolute atomic E-state index is 0.0354. The Morgan fingerprint density at radius 1 is 1.26 bits per heavy atom. The minimum Gasteiger partial charge on any atom is -0.490 e. The first-order chi connectivity index (χ1) is 12.9. The van der Waals surface area contributed by atoms with Crippen molar-refractivity contribution in [1.29, 1.82) is 0 Å². The first kappa shape index (κ1) is 21.2. The Kier molecular flexibility index (Phi) is 7.62. The molecule has 5 atom stereocenters. The van der Waals surface area contributed by atoms with Crippen LogP contribution in [0.4, 0.5) is 0 Å². The van der Waals surface area contributed by atoms with Crippen molar-refractivity contribution in [3.8, 4) is 5.75 Å². The zero-order chi connectivity index (χ0) is 20.0. The zero-order valence-electron chi connectivity index (χ0n) is 15.8. The molecular weight excluding hydrogens is 350 g/mol. The van der Waals surface area contributed by atoms with Crippen molar-refractivity contribution in [3.63, 3.8) is 0 Å². The van der Waals surface area contributed by atoms with E-state index in [0.29, 0.717) is 17.6 Å². The van der Waals surface area contributed by atoms with Gasteiger partial charge in [-0.05, 0) is 56.1 Å². The van der Waals surface area contributed by atoms with E-state index in [2.05, 4.69) is 0 Å². The molecule has 0 heterocycles. The van der Waals surface area contributed by atoms with Crippen molar-refractivity contribution in [2.24, 2.45) is 11.8 Å². The second-order valence-electron chi connectivity index (χ2n) is 7.42. The van der Waals surface area contributed by atoms with Gasteiger partial charge in [-0.25, -0.2) is 0 Å². The largest absolute Gasteiger partial charge is 0.490 e. The van der Waals surface area contributed by atoms with E-state index in [9.17, 15) is 15.0 Å². The first-order valence-electron chi connectivity index (χ1n) is 9.26. The topological polar surface area (TPSA) is 107 Å². The maximum absolute atomic E-state index is 12.5. The maximum Gasteiger partial charge on any atom is 0.290 e. The van der Waals surface area contributed by atoms with Crippen LogP contribution in [0, 0.1) is 18.8 Å². The van der Waals surface area contributed by atoms with Crippen LogP contribution in [0.1, 0.15) is 31.2 Å². The van der Waals surface area contributed by atoms with Gasteiger partial charge in [-0.1, -0.05) is 18.2 Å². The van der Waals surface area contributed by atoms with E-state index in [1.54, 1.807) is 11.9 Å². The van der Waals surface area contributed by atoms with Gasteiger partial charge in [-0.2, -0.15) is 0 Å². The van der Waals surface area contributed by atoms with Crippen LogP contribution in [0.15, 0.2) is 24.3 Å². The molecular formula is C20H29NO6. The van der Waals surface area contributed by atoms with Crippen LogP contribution in [0.3, 0.4) is 0 Å². The minimum atomic E-state index is -1.15. The second-order valence-corrected chi connectivity index (χ2v) is 7.42. The van der Waals surface area contributed by atoms with Crippen LogP contribution in [0.2, 0.25) is 0 Å². The lowest BCUT2D eigenvalue weighted by Crippen LogP contribution is -2.44. The number of aryl methyl sites for hydroxylation is 1. The molecule has 7 nitrogen and oxygen atoms in total. The molecule has 3 unspecified atom stereocenters. The van der Waals surface area contributed by atoms with Crippen LogP contribution in [0.25, 0.3) is 0 Å². The van der Waals surface area contributed by atoms with E-state index in [4.69, 9.17) is 14.6 Å². The average molecular weight is 379 g/mol. The number of hydrogen-bond acceptors (Lipinski definition) is 5. The molecule has 1 amide bonds. The number of benzene rings is 1. The molecule has 0 radical (unpaired) electrons. The molecule has 2 aliphatic carbocycles. The quantitative estimate of drug-likeness (QED) is 0.669. The molecule has 0 aliphatic heterocycles. The summed E-state index contributed by atoms with van der Waals surface area (Å²) < 4.78 is 5.59. The van der Waals surface area contributed by atoms with Gasteiger partial charge in [-0.3, -0.25) is 9.59 Å². The monoisotopic (exact) mass is 379 g/mol. The normalized spacial score (nSPS) is 27.1. The maximum atomic E-state index is 12.5. The third kappa shape index (κ3) is 5.43. The summed E-state index contributed by atoms with van der Waals surface area (Å²) in [4.78, 5) is 22.5. The first-order valence-corrected chi connectivity index (χ1v) is 9.26. The summed E-state index contributed by atoms with van der Waals surface area (Å²) in [5.41, 5.74) is 0.979. The van der Waals surface area contributed by atoms with Crippen molar-refractivity contribution in [3.05, 3.63) is 29.8 Å². The summed E-state index contributed by atoms with van der Waals surface area (Å²) in [6, 6.07) is 7.72. The summed E-state index contributed by atoms with van der Waals surface area (Å²) in [5, 5.41) is 26.8. The summed E-state index contributed by atoms with van der Waals surface area (Å²) in [5.74, 6) is 1.44. The molecule has 3 N–H and O–H groups in total. The van der Waals surface area contributed by atoms with Crippen LogP contribution in [-0.4, -0.2) is 64.5 Å². The van der Waals surface area contributed by atoms with Gasteiger partial charge in [0, 0.05) is 13.1 Å². The number of hydrogen-bond donors (Lipinski definition) is 3. The molecule has 0 spiro atoms. The van der Waals surface area contributed by atoms with E-state index in [-0.39, 0.29) is 31.1 Å². The highest BCUT2D eigenvalue weighted by molar-refractivity contribution is 5.81. The fourth-order valence-electron chi connectivity index (χ4n) is 4.24. The number of carboxylic acid groups (broad SMARTS) is 1. The van der Waals surface area contributed by atoms with Crippen molar-refractivity contribution in [2.75, 3.05) is 13.7 Å². The predicted molar refractivity (Wildman–Crippen MR) is 99.4 cm³/mol.